The van der Waals surface area contributed by atoms with Crippen LogP contribution in [0.25, 0.3) is 0 Å². The first-order valence-electron chi connectivity index (χ1n) is 7.33. The summed E-state index contributed by atoms with van der Waals surface area (Å²) in [5, 5.41) is 18.5. The van der Waals surface area contributed by atoms with Crippen molar-refractivity contribution in [2.45, 2.75) is 43.9 Å². The van der Waals surface area contributed by atoms with Crippen molar-refractivity contribution < 1.29 is 9.84 Å². The lowest BCUT2D eigenvalue weighted by molar-refractivity contribution is 0.0288. The number of aliphatic hydroxyl groups is 1. The van der Waals surface area contributed by atoms with Crippen LogP contribution < -0.4 is 4.74 Å². The average Bonchev–Trinajstić information content (AvgIpc) is 2.70. The second-order valence-electron chi connectivity index (χ2n) is 5.73. The van der Waals surface area contributed by atoms with Gasteiger partial charge in [0.1, 0.15) is 12.4 Å². The molecule has 20 heavy (non-hydrogen) atoms. The third kappa shape index (κ3) is 2.79. The SMILES string of the molecule is N#Cc1ccc(OCCN2C3CCC2CC(O)C3)cc1. The molecule has 0 amide bonds. The number of ether oxygens (including phenoxy) is 1. The molecule has 106 valence electrons. The van der Waals surface area contributed by atoms with E-state index in [1.807, 2.05) is 12.1 Å². The summed E-state index contributed by atoms with van der Waals surface area (Å²) in [6.07, 6.45) is 4.13. The van der Waals surface area contributed by atoms with E-state index in [1.165, 1.54) is 12.8 Å². The number of fused-ring (bicyclic) bond motifs is 2. The summed E-state index contributed by atoms with van der Waals surface area (Å²) in [5.74, 6) is 0.813. The van der Waals surface area contributed by atoms with Gasteiger partial charge in [-0.25, -0.2) is 0 Å². The maximum Gasteiger partial charge on any atom is 0.119 e. The predicted octanol–water partition coefficient (Wildman–Crippen LogP) is 1.92. The molecule has 0 spiro atoms. The fourth-order valence-electron chi connectivity index (χ4n) is 3.51. The topological polar surface area (TPSA) is 56.5 Å². The van der Waals surface area contributed by atoms with Crippen LogP contribution >= 0.6 is 0 Å². The summed E-state index contributed by atoms with van der Waals surface area (Å²) in [6.45, 7) is 1.58. The van der Waals surface area contributed by atoms with E-state index in [-0.39, 0.29) is 6.10 Å². The number of nitrogens with zero attached hydrogens (tertiary/aromatic N) is 2. The fraction of sp³-hybridized carbons (Fsp3) is 0.562. The number of benzene rings is 1. The average molecular weight is 272 g/mol. The molecule has 2 unspecified atom stereocenters. The van der Waals surface area contributed by atoms with E-state index in [0.717, 1.165) is 25.1 Å². The van der Waals surface area contributed by atoms with Crippen LogP contribution in [0.2, 0.25) is 0 Å². The molecule has 2 bridgehead atoms. The summed E-state index contributed by atoms with van der Waals surface area (Å²) in [4.78, 5) is 2.50. The zero-order valence-corrected chi connectivity index (χ0v) is 11.5. The van der Waals surface area contributed by atoms with Crippen LogP contribution in [0, 0.1) is 11.3 Å². The molecule has 0 aliphatic carbocycles. The van der Waals surface area contributed by atoms with Crippen molar-refractivity contribution in [3.05, 3.63) is 29.8 Å². The minimum Gasteiger partial charge on any atom is -0.492 e. The van der Waals surface area contributed by atoms with Crippen LogP contribution in [-0.2, 0) is 0 Å². The van der Waals surface area contributed by atoms with Crippen LogP contribution in [0.1, 0.15) is 31.2 Å². The number of aliphatic hydroxyl groups excluding tert-OH is 1. The first kappa shape index (κ1) is 13.4. The molecule has 1 N–H and O–H groups in total. The Balaban J connectivity index is 1.49. The Morgan fingerprint density at radius 3 is 2.45 bits per heavy atom. The van der Waals surface area contributed by atoms with E-state index in [4.69, 9.17) is 10.00 Å². The Labute approximate surface area is 119 Å². The smallest absolute Gasteiger partial charge is 0.119 e. The van der Waals surface area contributed by atoms with Crippen LogP contribution in [0.3, 0.4) is 0 Å². The lowest BCUT2D eigenvalue weighted by Gasteiger charge is -2.36. The lowest BCUT2D eigenvalue weighted by Crippen LogP contribution is -2.46. The zero-order valence-electron chi connectivity index (χ0n) is 11.5. The third-order valence-corrected chi connectivity index (χ3v) is 4.46. The number of piperidine rings is 1. The summed E-state index contributed by atoms with van der Waals surface area (Å²) >= 11 is 0. The molecule has 0 radical (unpaired) electrons. The van der Waals surface area contributed by atoms with E-state index < -0.39 is 0 Å². The molecule has 2 atom stereocenters. The molecule has 4 heteroatoms. The first-order valence-corrected chi connectivity index (χ1v) is 7.33. The van der Waals surface area contributed by atoms with Gasteiger partial charge >= 0.3 is 0 Å². The monoisotopic (exact) mass is 272 g/mol. The van der Waals surface area contributed by atoms with E-state index in [2.05, 4.69) is 11.0 Å². The molecule has 2 saturated heterocycles. The Bertz CT molecular complexity index is 480. The normalized spacial score (nSPS) is 29.1. The standard InChI is InChI=1S/C16H20N2O2/c17-11-12-1-5-16(6-2-12)20-8-7-18-13-3-4-14(18)10-15(19)9-13/h1-2,5-6,13-15,19H,3-4,7-10H2. The van der Waals surface area contributed by atoms with E-state index in [9.17, 15) is 5.11 Å². The van der Waals surface area contributed by atoms with Gasteiger partial charge in [-0.3, -0.25) is 4.90 Å². The van der Waals surface area contributed by atoms with Crippen molar-refractivity contribution in [1.29, 1.82) is 5.26 Å². The number of hydrogen-bond acceptors (Lipinski definition) is 4. The molecule has 2 aliphatic rings. The molecular weight excluding hydrogens is 252 g/mol. The van der Waals surface area contributed by atoms with Crippen molar-refractivity contribution in [2.24, 2.45) is 0 Å². The van der Waals surface area contributed by atoms with Gasteiger partial charge in [-0.1, -0.05) is 0 Å². The molecule has 0 saturated carbocycles. The third-order valence-electron chi connectivity index (χ3n) is 4.46. The van der Waals surface area contributed by atoms with Gasteiger partial charge in [0.25, 0.3) is 0 Å². The highest BCUT2D eigenvalue weighted by atomic mass is 16.5. The molecule has 2 heterocycles. The Kier molecular flexibility index (Phi) is 3.90. The molecule has 0 aromatic heterocycles. The van der Waals surface area contributed by atoms with Gasteiger partial charge in [0.15, 0.2) is 0 Å². The Morgan fingerprint density at radius 1 is 1.20 bits per heavy atom. The molecule has 3 rings (SSSR count). The lowest BCUT2D eigenvalue weighted by atomic mass is 10.0. The minimum atomic E-state index is -0.108. The van der Waals surface area contributed by atoms with Crippen molar-refractivity contribution in [1.82, 2.24) is 4.90 Å². The van der Waals surface area contributed by atoms with Crippen molar-refractivity contribution in [3.8, 4) is 11.8 Å². The van der Waals surface area contributed by atoms with Crippen LogP contribution in [0.4, 0.5) is 0 Å². The second kappa shape index (κ2) is 5.82. The van der Waals surface area contributed by atoms with Gasteiger partial charge in [-0.2, -0.15) is 5.26 Å². The van der Waals surface area contributed by atoms with E-state index in [1.54, 1.807) is 12.1 Å². The Morgan fingerprint density at radius 2 is 1.85 bits per heavy atom. The molecule has 2 fully saturated rings. The van der Waals surface area contributed by atoms with E-state index >= 15 is 0 Å². The van der Waals surface area contributed by atoms with Crippen molar-refractivity contribution in [2.75, 3.05) is 13.2 Å². The first-order chi connectivity index (χ1) is 9.76. The van der Waals surface area contributed by atoms with Gasteiger partial charge in [0.2, 0.25) is 0 Å². The molecule has 2 aliphatic heterocycles. The molecule has 1 aromatic rings. The van der Waals surface area contributed by atoms with Gasteiger partial charge < -0.3 is 9.84 Å². The highest BCUT2D eigenvalue weighted by Crippen LogP contribution is 2.35. The highest BCUT2D eigenvalue weighted by Gasteiger charge is 2.39. The molecule has 1 aromatic carbocycles. The molecule has 4 nitrogen and oxygen atoms in total. The summed E-state index contributed by atoms with van der Waals surface area (Å²) < 4.78 is 5.75. The zero-order chi connectivity index (χ0) is 13.9. The van der Waals surface area contributed by atoms with Crippen molar-refractivity contribution in [3.63, 3.8) is 0 Å². The molecular formula is C16H20N2O2. The van der Waals surface area contributed by atoms with Gasteiger partial charge in [-0.15, -0.1) is 0 Å². The largest absolute Gasteiger partial charge is 0.492 e. The highest BCUT2D eigenvalue weighted by molar-refractivity contribution is 5.34. The van der Waals surface area contributed by atoms with Crippen LogP contribution in [-0.4, -0.2) is 41.3 Å². The second-order valence-corrected chi connectivity index (χ2v) is 5.73. The minimum absolute atomic E-state index is 0.108. The summed E-state index contributed by atoms with van der Waals surface area (Å²) in [5.41, 5.74) is 0.653. The van der Waals surface area contributed by atoms with E-state index in [0.29, 0.717) is 24.3 Å². The van der Waals surface area contributed by atoms with Gasteiger partial charge in [0.05, 0.1) is 17.7 Å². The number of hydrogen-bond donors (Lipinski definition) is 1. The summed E-state index contributed by atoms with van der Waals surface area (Å²) in [7, 11) is 0. The van der Waals surface area contributed by atoms with Crippen LogP contribution in [0.15, 0.2) is 24.3 Å². The summed E-state index contributed by atoms with van der Waals surface area (Å²) in [6, 6.07) is 10.4. The maximum absolute atomic E-state index is 9.78. The Hall–Kier alpha value is -1.57. The predicted molar refractivity (Wildman–Crippen MR) is 75.4 cm³/mol. The maximum atomic E-state index is 9.78. The number of rotatable bonds is 4. The van der Waals surface area contributed by atoms with Crippen LogP contribution in [0.5, 0.6) is 5.75 Å². The van der Waals surface area contributed by atoms with Gasteiger partial charge in [-0.05, 0) is 49.9 Å². The quantitative estimate of drug-likeness (QED) is 0.910. The van der Waals surface area contributed by atoms with Gasteiger partial charge in [0, 0.05) is 18.6 Å². The van der Waals surface area contributed by atoms with Crippen molar-refractivity contribution >= 4 is 0 Å². The number of nitriles is 1. The fourth-order valence-corrected chi connectivity index (χ4v) is 3.51.